The van der Waals surface area contributed by atoms with Crippen LogP contribution >= 0.6 is 0 Å². The molecule has 0 radical (unpaired) electrons. The molecule has 0 aliphatic heterocycles. The van der Waals surface area contributed by atoms with Crippen molar-refractivity contribution in [2.24, 2.45) is 0 Å². The van der Waals surface area contributed by atoms with E-state index < -0.39 is 0 Å². The van der Waals surface area contributed by atoms with Crippen LogP contribution in [0.25, 0.3) is 0 Å². The second-order valence-corrected chi connectivity index (χ2v) is 5.59. The molecule has 0 unspecified atom stereocenters. The van der Waals surface area contributed by atoms with Crippen LogP contribution < -0.4 is 25.4 Å². The third-order valence-corrected chi connectivity index (χ3v) is 3.12. The van der Waals surface area contributed by atoms with Gasteiger partial charge in [-0.3, -0.25) is 9.59 Å². The average Bonchev–Trinajstić information content (AvgIpc) is 2.55. The standard InChI is InChI=1S/C17H27N3O4/c1-12(2)20-16(21)11-24-14-7-6-13(10-15(14)23-4)17(22)19-9-5-8-18-3/h6-7,10,12,18H,5,8-9,11H2,1-4H3,(H,19,22)(H,20,21). The summed E-state index contributed by atoms with van der Waals surface area (Å²) in [7, 11) is 3.36. The number of hydrogen-bond donors (Lipinski definition) is 3. The van der Waals surface area contributed by atoms with Crippen LogP contribution in [0.3, 0.4) is 0 Å². The van der Waals surface area contributed by atoms with Crippen LogP contribution in [0.15, 0.2) is 18.2 Å². The van der Waals surface area contributed by atoms with Gasteiger partial charge in [-0.05, 0) is 52.1 Å². The predicted molar refractivity (Wildman–Crippen MR) is 92.6 cm³/mol. The van der Waals surface area contributed by atoms with Crippen molar-refractivity contribution in [1.29, 1.82) is 0 Å². The first-order valence-electron chi connectivity index (χ1n) is 8.01. The Morgan fingerprint density at radius 3 is 2.54 bits per heavy atom. The molecule has 0 aliphatic carbocycles. The van der Waals surface area contributed by atoms with Crippen LogP contribution in [0.4, 0.5) is 0 Å². The molecule has 0 saturated heterocycles. The van der Waals surface area contributed by atoms with Crippen LogP contribution in [-0.2, 0) is 4.79 Å². The molecule has 0 aliphatic rings. The summed E-state index contributed by atoms with van der Waals surface area (Å²) >= 11 is 0. The number of hydrogen-bond acceptors (Lipinski definition) is 5. The first kappa shape index (κ1) is 19.8. The van der Waals surface area contributed by atoms with E-state index in [1.54, 1.807) is 18.2 Å². The normalized spacial score (nSPS) is 10.4. The molecule has 2 amide bonds. The molecule has 0 aromatic heterocycles. The SMILES string of the molecule is CNCCCNC(=O)c1ccc(OCC(=O)NC(C)C)c(OC)c1. The summed E-state index contributed by atoms with van der Waals surface area (Å²) in [6, 6.07) is 4.93. The van der Waals surface area contributed by atoms with Gasteiger partial charge in [0.1, 0.15) is 0 Å². The van der Waals surface area contributed by atoms with Crippen molar-refractivity contribution < 1.29 is 19.1 Å². The Bertz CT molecular complexity index is 547. The van der Waals surface area contributed by atoms with E-state index in [1.165, 1.54) is 7.11 Å². The molecule has 1 aromatic rings. The minimum Gasteiger partial charge on any atom is -0.493 e. The fourth-order valence-corrected chi connectivity index (χ4v) is 2.00. The van der Waals surface area contributed by atoms with E-state index in [-0.39, 0.29) is 24.5 Å². The van der Waals surface area contributed by atoms with Crippen LogP contribution in [0.1, 0.15) is 30.6 Å². The van der Waals surface area contributed by atoms with Crippen LogP contribution in [0.5, 0.6) is 11.5 Å². The van der Waals surface area contributed by atoms with Gasteiger partial charge in [-0.25, -0.2) is 0 Å². The monoisotopic (exact) mass is 337 g/mol. The smallest absolute Gasteiger partial charge is 0.258 e. The number of nitrogens with one attached hydrogen (secondary N) is 3. The zero-order valence-electron chi connectivity index (χ0n) is 14.8. The summed E-state index contributed by atoms with van der Waals surface area (Å²) in [4.78, 5) is 23.7. The highest BCUT2D eigenvalue weighted by atomic mass is 16.5. The highest BCUT2D eigenvalue weighted by Crippen LogP contribution is 2.28. The molecular formula is C17H27N3O4. The van der Waals surface area contributed by atoms with Gasteiger partial charge in [-0.15, -0.1) is 0 Å². The molecule has 134 valence electrons. The predicted octanol–water partition coefficient (Wildman–Crippen LogP) is 0.938. The Hall–Kier alpha value is -2.28. The van der Waals surface area contributed by atoms with E-state index >= 15 is 0 Å². The van der Waals surface area contributed by atoms with Gasteiger partial charge in [-0.1, -0.05) is 0 Å². The van der Waals surface area contributed by atoms with E-state index in [9.17, 15) is 9.59 Å². The molecule has 1 rings (SSSR count). The lowest BCUT2D eigenvalue weighted by Gasteiger charge is -2.13. The summed E-state index contributed by atoms with van der Waals surface area (Å²) in [5.74, 6) is 0.449. The lowest BCUT2D eigenvalue weighted by Crippen LogP contribution is -2.34. The fraction of sp³-hybridized carbons (Fsp3) is 0.529. The third-order valence-electron chi connectivity index (χ3n) is 3.12. The molecule has 7 nitrogen and oxygen atoms in total. The van der Waals surface area contributed by atoms with E-state index in [0.29, 0.717) is 23.6 Å². The Morgan fingerprint density at radius 2 is 1.92 bits per heavy atom. The highest BCUT2D eigenvalue weighted by Gasteiger charge is 2.12. The van der Waals surface area contributed by atoms with Crippen molar-refractivity contribution in [3.8, 4) is 11.5 Å². The molecule has 0 fully saturated rings. The topological polar surface area (TPSA) is 88.7 Å². The number of carbonyl (C=O) groups is 2. The number of carbonyl (C=O) groups excluding carboxylic acids is 2. The van der Waals surface area contributed by atoms with Crippen molar-refractivity contribution >= 4 is 11.8 Å². The summed E-state index contributed by atoms with van der Waals surface area (Å²) in [5.41, 5.74) is 0.482. The second kappa shape index (κ2) is 10.5. The maximum atomic E-state index is 12.1. The third kappa shape index (κ3) is 6.87. The first-order chi connectivity index (χ1) is 11.5. The van der Waals surface area contributed by atoms with E-state index in [2.05, 4.69) is 16.0 Å². The summed E-state index contributed by atoms with van der Waals surface area (Å²) in [5, 5.41) is 8.60. The Morgan fingerprint density at radius 1 is 1.17 bits per heavy atom. The molecule has 7 heteroatoms. The molecule has 0 bridgehead atoms. The summed E-state index contributed by atoms with van der Waals surface area (Å²) in [6.07, 6.45) is 0.853. The average molecular weight is 337 g/mol. The lowest BCUT2D eigenvalue weighted by atomic mass is 10.2. The summed E-state index contributed by atoms with van der Waals surface area (Å²) in [6.45, 7) is 5.08. The molecule has 0 heterocycles. The van der Waals surface area contributed by atoms with Crippen molar-refractivity contribution in [3.05, 3.63) is 23.8 Å². The van der Waals surface area contributed by atoms with Gasteiger partial charge in [0.15, 0.2) is 18.1 Å². The number of rotatable bonds is 10. The molecule has 1 aromatic carbocycles. The van der Waals surface area contributed by atoms with Gasteiger partial charge in [-0.2, -0.15) is 0 Å². The Kier molecular flexibility index (Phi) is 8.64. The minimum absolute atomic E-state index is 0.0528. The number of amides is 2. The highest BCUT2D eigenvalue weighted by molar-refractivity contribution is 5.94. The Labute approximate surface area is 143 Å². The number of ether oxygens (including phenoxy) is 2. The molecule has 0 atom stereocenters. The lowest BCUT2D eigenvalue weighted by molar-refractivity contribution is -0.123. The van der Waals surface area contributed by atoms with Crippen LogP contribution in [0, 0.1) is 0 Å². The van der Waals surface area contributed by atoms with E-state index in [1.807, 2.05) is 20.9 Å². The van der Waals surface area contributed by atoms with E-state index in [4.69, 9.17) is 9.47 Å². The van der Waals surface area contributed by atoms with Gasteiger partial charge in [0, 0.05) is 18.2 Å². The second-order valence-electron chi connectivity index (χ2n) is 5.59. The van der Waals surface area contributed by atoms with Gasteiger partial charge in [0.05, 0.1) is 7.11 Å². The summed E-state index contributed by atoms with van der Waals surface area (Å²) < 4.78 is 10.7. The van der Waals surface area contributed by atoms with Gasteiger partial charge in [0.2, 0.25) is 0 Å². The fourth-order valence-electron chi connectivity index (χ4n) is 2.00. The maximum absolute atomic E-state index is 12.1. The Balaban J connectivity index is 2.64. The molecular weight excluding hydrogens is 310 g/mol. The van der Waals surface area contributed by atoms with Gasteiger partial charge in [0.25, 0.3) is 11.8 Å². The molecule has 24 heavy (non-hydrogen) atoms. The largest absolute Gasteiger partial charge is 0.493 e. The van der Waals surface area contributed by atoms with Crippen LogP contribution in [0.2, 0.25) is 0 Å². The van der Waals surface area contributed by atoms with Crippen molar-refractivity contribution in [1.82, 2.24) is 16.0 Å². The molecule has 3 N–H and O–H groups in total. The van der Waals surface area contributed by atoms with Crippen molar-refractivity contribution in [3.63, 3.8) is 0 Å². The minimum atomic E-state index is -0.210. The number of methoxy groups -OCH3 is 1. The zero-order chi connectivity index (χ0) is 17.9. The number of benzene rings is 1. The van der Waals surface area contributed by atoms with Crippen molar-refractivity contribution in [2.75, 3.05) is 33.9 Å². The first-order valence-corrected chi connectivity index (χ1v) is 8.01. The zero-order valence-corrected chi connectivity index (χ0v) is 14.8. The van der Waals surface area contributed by atoms with Crippen molar-refractivity contribution in [2.45, 2.75) is 26.3 Å². The van der Waals surface area contributed by atoms with Crippen LogP contribution in [-0.4, -0.2) is 51.7 Å². The molecule has 0 saturated carbocycles. The van der Waals surface area contributed by atoms with Gasteiger partial charge < -0.3 is 25.4 Å². The molecule has 0 spiro atoms. The maximum Gasteiger partial charge on any atom is 0.258 e. The van der Waals surface area contributed by atoms with Gasteiger partial charge >= 0.3 is 0 Å². The van der Waals surface area contributed by atoms with E-state index in [0.717, 1.165) is 13.0 Å². The quantitative estimate of drug-likeness (QED) is 0.553.